The van der Waals surface area contributed by atoms with Crippen molar-refractivity contribution in [2.75, 3.05) is 6.54 Å². The van der Waals surface area contributed by atoms with Gasteiger partial charge in [-0.15, -0.1) is 0 Å². The molecule has 1 saturated carbocycles. The first-order valence-electron chi connectivity index (χ1n) is 5.02. The average Bonchev–Trinajstić information content (AvgIpc) is 2.62. The maximum atomic E-state index is 11.6. The highest BCUT2D eigenvalue weighted by Crippen LogP contribution is 2.36. The van der Waals surface area contributed by atoms with Gasteiger partial charge in [-0.1, -0.05) is 12.8 Å². The summed E-state index contributed by atoms with van der Waals surface area (Å²) < 4.78 is 0. The Hall–Kier alpha value is -0.370. The van der Waals surface area contributed by atoms with Crippen LogP contribution in [-0.4, -0.2) is 17.9 Å². The summed E-state index contributed by atoms with van der Waals surface area (Å²) in [6.45, 7) is 2.99. The lowest BCUT2D eigenvalue weighted by molar-refractivity contribution is -0.123. The van der Waals surface area contributed by atoms with E-state index in [1.54, 1.807) is 0 Å². The van der Waals surface area contributed by atoms with Gasteiger partial charge in [-0.3, -0.25) is 4.79 Å². The van der Waals surface area contributed by atoms with E-state index in [9.17, 15) is 4.79 Å². The largest absolute Gasteiger partial charge is 0.304 e. The summed E-state index contributed by atoms with van der Waals surface area (Å²) in [5.74, 6) is 1.06. The maximum absolute atomic E-state index is 11.6. The van der Waals surface area contributed by atoms with E-state index in [4.69, 9.17) is 0 Å². The Morgan fingerprint density at radius 2 is 2.08 bits per heavy atom. The average molecular weight is 167 g/mol. The monoisotopic (exact) mass is 167 g/mol. The SMILES string of the molecule is CC1(C2CCCC2)NCCC1=O. The molecule has 1 aliphatic carbocycles. The Kier molecular flexibility index (Phi) is 1.95. The molecule has 2 aliphatic rings. The highest BCUT2D eigenvalue weighted by molar-refractivity contribution is 5.90. The first-order chi connectivity index (χ1) is 5.73. The minimum Gasteiger partial charge on any atom is -0.304 e. The molecule has 1 atom stereocenters. The Balaban J connectivity index is 2.13. The van der Waals surface area contributed by atoms with E-state index in [1.165, 1.54) is 25.7 Å². The first kappa shape index (κ1) is 8.24. The topological polar surface area (TPSA) is 29.1 Å². The number of carbonyl (C=O) groups is 1. The quantitative estimate of drug-likeness (QED) is 0.641. The van der Waals surface area contributed by atoms with E-state index in [1.807, 2.05) is 0 Å². The molecule has 1 N–H and O–H groups in total. The smallest absolute Gasteiger partial charge is 0.154 e. The van der Waals surface area contributed by atoms with Gasteiger partial charge in [0, 0.05) is 13.0 Å². The molecule has 0 radical (unpaired) electrons. The molecule has 0 aromatic rings. The molecule has 68 valence electrons. The third-order valence-electron chi connectivity index (χ3n) is 3.60. The van der Waals surface area contributed by atoms with Crippen LogP contribution < -0.4 is 5.32 Å². The summed E-state index contributed by atoms with van der Waals surface area (Å²) in [5, 5.41) is 3.38. The van der Waals surface area contributed by atoms with Gasteiger partial charge in [0.05, 0.1) is 5.54 Å². The molecule has 2 nitrogen and oxygen atoms in total. The fourth-order valence-electron chi connectivity index (χ4n) is 2.67. The van der Waals surface area contributed by atoms with E-state index < -0.39 is 0 Å². The summed E-state index contributed by atoms with van der Waals surface area (Å²) in [5.41, 5.74) is -0.156. The molecular formula is C10H17NO. The lowest BCUT2D eigenvalue weighted by Crippen LogP contribution is -2.48. The minimum atomic E-state index is -0.156. The molecule has 1 heterocycles. The molecule has 0 amide bonds. The lowest BCUT2D eigenvalue weighted by Gasteiger charge is -2.29. The highest BCUT2D eigenvalue weighted by Gasteiger charge is 2.44. The zero-order chi connectivity index (χ0) is 8.60. The molecule has 2 rings (SSSR count). The van der Waals surface area contributed by atoms with Gasteiger partial charge in [-0.25, -0.2) is 0 Å². The fourth-order valence-corrected chi connectivity index (χ4v) is 2.67. The number of hydrogen-bond donors (Lipinski definition) is 1. The summed E-state index contributed by atoms with van der Waals surface area (Å²) >= 11 is 0. The molecule has 1 aliphatic heterocycles. The normalized spacial score (nSPS) is 37.9. The molecule has 0 aromatic carbocycles. The van der Waals surface area contributed by atoms with Crippen molar-refractivity contribution < 1.29 is 4.79 Å². The van der Waals surface area contributed by atoms with Crippen LogP contribution in [0.1, 0.15) is 39.0 Å². The van der Waals surface area contributed by atoms with Crippen molar-refractivity contribution in [1.82, 2.24) is 5.32 Å². The van der Waals surface area contributed by atoms with Crippen molar-refractivity contribution in [3.05, 3.63) is 0 Å². The number of Topliss-reactive ketones (excluding diaryl/α,β-unsaturated/α-hetero) is 1. The van der Waals surface area contributed by atoms with Crippen LogP contribution >= 0.6 is 0 Å². The predicted molar refractivity (Wildman–Crippen MR) is 48.0 cm³/mol. The second-order valence-corrected chi connectivity index (χ2v) is 4.28. The van der Waals surface area contributed by atoms with Crippen LogP contribution in [-0.2, 0) is 4.79 Å². The zero-order valence-electron chi connectivity index (χ0n) is 7.73. The van der Waals surface area contributed by atoms with Crippen LogP contribution in [0.5, 0.6) is 0 Å². The summed E-state index contributed by atoms with van der Waals surface area (Å²) in [7, 11) is 0. The van der Waals surface area contributed by atoms with Gasteiger partial charge in [-0.2, -0.15) is 0 Å². The predicted octanol–water partition coefficient (Wildman–Crippen LogP) is 1.50. The minimum absolute atomic E-state index is 0.156. The van der Waals surface area contributed by atoms with Gasteiger partial charge in [-0.05, 0) is 25.7 Å². The first-order valence-corrected chi connectivity index (χ1v) is 5.02. The number of carbonyl (C=O) groups excluding carboxylic acids is 1. The van der Waals surface area contributed by atoms with E-state index in [0.717, 1.165) is 13.0 Å². The van der Waals surface area contributed by atoms with Crippen LogP contribution in [0.2, 0.25) is 0 Å². The van der Waals surface area contributed by atoms with Crippen LogP contribution in [0, 0.1) is 5.92 Å². The standard InChI is InChI=1S/C10H17NO/c1-10(8-4-2-3-5-8)9(12)6-7-11-10/h8,11H,2-7H2,1H3. The number of nitrogens with one attached hydrogen (secondary N) is 1. The lowest BCUT2D eigenvalue weighted by atomic mass is 9.82. The number of hydrogen-bond acceptors (Lipinski definition) is 2. The van der Waals surface area contributed by atoms with Crippen LogP contribution in [0.3, 0.4) is 0 Å². The van der Waals surface area contributed by atoms with E-state index >= 15 is 0 Å². The molecule has 1 saturated heterocycles. The van der Waals surface area contributed by atoms with Gasteiger partial charge < -0.3 is 5.32 Å². The van der Waals surface area contributed by atoms with Crippen molar-refractivity contribution in [2.45, 2.75) is 44.6 Å². The Morgan fingerprint density at radius 3 is 2.58 bits per heavy atom. The van der Waals surface area contributed by atoms with Crippen LogP contribution in [0.4, 0.5) is 0 Å². The molecule has 0 bridgehead atoms. The third kappa shape index (κ3) is 1.09. The van der Waals surface area contributed by atoms with Crippen molar-refractivity contribution in [3.8, 4) is 0 Å². The van der Waals surface area contributed by atoms with Crippen LogP contribution in [0.15, 0.2) is 0 Å². The molecule has 2 heteroatoms. The van der Waals surface area contributed by atoms with E-state index in [-0.39, 0.29) is 5.54 Å². The Morgan fingerprint density at radius 1 is 1.42 bits per heavy atom. The van der Waals surface area contributed by atoms with Crippen molar-refractivity contribution in [3.63, 3.8) is 0 Å². The van der Waals surface area contributed by atoms with Gasteiger partial charge in [0.2, 0.25) is 0 Å². The van der Waals surface area contributed by atoms with Gasteiger partial charge in [0.1, 0.15) is 0 Å². The fraction of sp³-hybridized carbons (Fsp3) is 0.900. The molecule has 1 unspecified atom stereocenters. The summed E-state index contributed by atoms with van der Waals surface area (Å²) in [6.07, 6.45) is 5.86. The third-order valence-corrected chi connectivity index (χ3v) is 3.60. The van der Waals surface area contributed by atoms with Gasteiger partial charge in [0.15, 0.2) is 5.78 Å². The molecule has 2 fully saturated rings. The van der Waals surface area contributed by atoms with Gasteiger partial charge in [0.25, 0.3) is 0 Å². The highest BCUT2D eigenvalue weighted by atomic mass is 16.1. The second kappa shape index (κ2) is 2.84. The van der Waals surface area contributed by atoms with Crippen molar-refractivity contribution >= 4 is 5.78 Å². The molecular weight excluding hydrogens is 150 g/mol. The van der Waals surface area contributed by atoms with Crippen molar-refractivity contribution in [2.24, 2.45) is 5.92 Å². The molecule has 0 aromatic heterocycles. The summed E-state index contributed by atoms with van der Waals surface area (Å²) in [6, 6.07) is 0. The van der Waals surface area contributed by atoms with E-state index in [2.05, 4.69) is 12.2 Å². The zero-order valence-corrected chi connectivity index (χ0v) is 7.73. The van der Waals surface area contributed by atoms with Gasteiger partial charge >= 0.3 is 0 Å². The Bertz CT molecular complexity index is 196. The second-order valence-electron chi connectivity index (χ2n) is 4.28. The molecule has 12 heavy (non-hydrogen) atoms. The van der Waals surface area contributed by atoms with E-state index in [0.29, 0.717) is 11.7 Å². The van der Waals surface area contributed by atoms with Crippen LogP contribution in [0.25, 0.3) is 0 Å². The number of rotatable bonds is 1. The maximum Gasteiger partial charge on any atom is 0.154 e. The number of ketones is 1. The summed E-state index contributed by atoms with van der Waals surface area (Å²) in [4.78, 5) is 11.6. The van der Waals surface area contributed by atoms with Crippen molar-refractivity contribution in [1.29, 1.82) is 0 Å². The molecule has 0 spiro atoms. The Labute approximate surface area is 73.7 Å².